The summed E-state index contributed by atoms with van der Waals surface area (Å²) in [5.41, 5.74) is 2.23. The number of benzene rings is 2. The van der Waals surface area contributed by atoms with E-state index < -0.39 is 12.0 Å². The summed E-state index contributed by atoms with van der Waals surface area (Å²) in [7, 11) is 2.99. The minimum absolute atomic E-state index is 0.251. The van der Waals surface area contributed by atoms with Gasteiger partial charge >= 0.3 is 5.97 Å². The Bertz CT molecular complexity index is 817. The van der Waals surface area contributed by atoms with Crippen LogP contribution >= 0.6 is 0 Å². The molecule has 0 aromatic heterocycles. The summed E-state index contributed by atoms with van der Waals surface area (Å²) in [5, 5.41) is 9.59. The number of carboxylic acids is 1. The van der Waals surface area contributed by atoms with E-state index in [2.05, 4.69) is 0 Å². The van der Waals surface area contributed by atoms with Gasteiger partial charge in [-0.05, 0) is 23.3 Å². The lowest BCUT2D eigenvalue weighted by atomic mass is 9.93. The summed E-state index contributed by atoms with van der Waals surface area (Å²) < 4.78 is 10.4. The Balaban J connectivity index is 1.99. The Hall–Kier alpha value is -3.02. The molecule has 2 aromatic rings. The fourth-order valence-corrected chi connectivity index (χ4v) is 3.09. The minimum Gasteiger partial charge on any atom is -0.497 e. The lowest BCUT2D eigenvalue weighted by Crippen LogP contribution is -2.48. The fraction of sp³-hybridized carbons (Fsp3) is 0.263. The van der Waals surface area contributed by atoms with Gasteiger partial charge in [0.05, 0.1) is 19.8 Å². The van der Waals surface area contributed by atoms with Crippen LogP contribution in [0.2, 0.25) is 0 Å². The molecular formula is C19H19NO5. The maximum absolute atomic E-state index is 13.0. The van der Waals surface area contributed by atoms with Crippen molar-refractivity contribution in [2.45, 2.75) is 19.0 Å². The number of fused-ring (bicyclic) bond motifs is 1. The Labute approximate surface area is 145 Å². The molecule has 1 atom stereocenters. The van der Waals surface area contributed by atoms with E-state index in [-0.39, 0.29) is 18.9 Å². The van der Waals surface area contributed by atoms with Crippen molar-refractivity contribution in [1.82, 2.24) is 4.90 Å². The topological polar surface area (TPSA) is 76.1 Å². The lowest BCUT2D eigenvalue weighted by molar-refractivity contribution is -0.142. The zero-order valence-corrected chi connectivity index (χ0v) is 14.1. The van der Waals surface area contributed by atoms with Gasteiger partial charge in [0.1, 0.15) is 17.5 Å². The van der Waals surface area contributed by atoms with Gasteiger partial charge in [-0.2, -0.15) is 0 Å². The Morgan fingerprint density at radius 1 is 1.08 bits per heavy atom. The van der Waals surface area contributed by atoms with Gasteiger partial charge in [-0.1, -0.05) is 24.3 Å². The molecule has 0 aliphatic carbocycles. The molecule has 6 nitrogen and oxygen atoms in total. The Morgan fingerprint density at radius 2 is 1.80 bits per heavy atom. The molecular weight excluding hydrogens is 322 g/mol. The van der Waals surface area contributed by atoms with Crippen molar-refractivity contribution < 1.29 is 24.2 Å². The third kappa shape index (κ3) is 3.15. The maximum Gasteiger partial charge on any atom is 0.326 e. The fourth-order valence-electron chi connectivity index (χ4n) is 3.09. The van der Waals surface area contributed by atoms with Crippen LogP contribution in [-0.4, -0.2) is 42.1 Å². The van der Waals surface area contributed by atoms with Crippen molar-refractivity contribution in [1.29, 1.82) is 0 Å². The first-order chi connectivity index (χ1) is 12.0. The van der Waals surface area contributed by atoms with Crippen LogP contribution in [0, 0.1) is 0 Å². The average molecular weight is 341 g/mol. The van der Waals surface area contributed by atoms with E-state index >= 15 is 0 Å². The monoisotopic (exact) mass is 341 g/mol. The molecule has 1 heterocycles. The molecule has 6 heteroatoms. The SMILES string of the molecule is COc1ccc(C(=O)N2Cc3ccccc3CC2C(=O)O)c(OC)c1. The highest BCUT2D eigenvalue weighted by Crippen LogP contribution is 2.30. The van der Waals surface area contributed by atoms with E-state index in [0.29, 0.717) is 17.1 Å². The largest absolute Gasteiger partial charge is 0.497 e. The van der Waals surface area contributed by atoms with Gasteiger partial charge in [0, 0.05) is 19.0 Å². The molecule has 1 aliphatic rings. The van der Waals surface area contributed by atoms with E-state index in [4.69, 9.17) is 9.47 Å². The molecule has 0 spiro atoms. The van der Waals surface area contributed by atoms with Gasteiger partial charge in [-0.3, -0.25) is 4.79 Å². The van der Waals surface area contributed by atoms with Crippen molar-refractivity contribution in [2.24, 2.45) is 0 Å². The van der Waals surface area contributed by atoms with Crippen molar-refractivity contribution in [2.75, 3.05) is 14.2 Å². The molecule has 3 rings (SSSR count). The van der Waals surface area contributed by atoms with Crippen LogP contribution in [0.1, 0.15) is 21.5 Å². The summed E-state index contributed by atoms with van der Waals surface area (Å²) in [6.07, 6.45) is 0.287. The molecule has 1 N–H and O–H groups in total. The number of nitrogens with zero attached hydrogens (tertiary/aromatic N) is 1. The molecule has 130 valence electrons. The predicted octanol–water partition coefficient (Wildman–Crippen LogP) is 2.36. The number of carbonyl (C=O) groups excluding carboxylic acids is 1. The number of ether oxygens (including phenoxy) is 2. The lowest BCUT2D eigenvalue weighted by Gasteiger charge is -2.34. The van der Waals surface area contributed by atoms with Gasteiger partial charge in [-0.25, -0.2) is 4.79 Å². The van der Waals surface area contributed by atoms with Crippen LogP contribution in [0.15, 0.2) is 42.5 Å². The number of carbonyl (C=O) groups is 2. The van der Waals surface area contributed by atoms with E-state index in [0.717, 1.165) is 11.1 Å². The highest BCUT2D eigenvalue weighted by Gasteiger charge is 2.35. The van der Waals surface area contributed by atoms with Gasteiger partial charge in [0.25, 0.3) is 5.91 Å². The second-order valence-corrected chi connectivity index (χ2v) is 5.83. The number of carboxylic acid groups (broad SMARTS) is 1. The van der Waals surface area contributed by atoms with Crippen molar-refractivity contribution in [3.8, 4) is 11.5 Å². The molecule has 25 heavy (non-hydrogen) atoms. The summed E-state index contributed by atoms with van der Waals surface area (Å²) in [6, 6.07) is 11.5. The summed E-state index contributed by atoms with van der Waals surface area (Å²) in [6.45, 7) is 0.251. The Morgan fingerprint density at radius 3 is 2.44 bits per heavy atom. The van der Waals surface area contributed by atoms with E-state index in [1.165, 1.54) is 19.1 Å². The van der Waals surface area contributed by atoms with Gasteiger partial charge in [0.15, 0.2) is 0 Å². The van der Waals surface area contributed by atoms with Gasteiger partial charge in [-0.15, -0.1) is 0 Å². The minimum atomic E-state index is -1.02. The van der Waals surface area contributed by atoms with E-state index in [9.17, 15) is 14.7 Å². The van der Waals surface area contributed by atoms with E-state index in [1.807, 2.05) is 24.3 Å². The molecule has 0 radical (unpaired) electrons. The van der Waals surface area contributed by atoms with Crippen LogP contribution < -0.4 is 9.47 Å². The summed E-state index contributed by atoms with van der Waals surface area (Å²) in [4.78, 5) is 26.1. The van der Waals surface area contributed by atoms with Crippen molar-refractivity contribution in [3.63, 3.8) is 0 Å². The van der Waals surface area contributed by atoms with Gasteiger partial charge < -0.3 is 19.5 Å². The second-order valence-electron chi connectivity index (χ2n) is 5.83. The van der Waals surface area contributed by atoms with Crippen LogP contribution in [-0.2, 0) is 17.8 Å². The van der Waals surface area contributed by atoms with Crippen LogP contribution in [0.5, 0.6) is 11.5 Å². The number of methoxy groups -OCH3 is 2. The third-order valence-corrected chi connectivity index (χ3v) is 4.43. The number of amides is 1. The normalized spacial score (nSPS) is 16.1. The van der Waals surface area contributed by atoms with Crippen LogP contribution in [0.25, 0.3) is 0 Å². The first-order valence-corrected chi connectivity index (χ1v) is 7.87. The van der Waals surface area contributed by atoms with Crippen LogP contribution in [0.4, 0.5) is 0 Å². The molecule has 0 saturated heterocycles. The maximum atomic E-state index is 13.0. The zero-order valence-electron chi connectivity index (χ0n) is 14.1. The summed E-state index contributed by atoms with van der Waals surface area (Å²) >= 11 is 0. The second kappa shape index (κ2) is 6.84. The third-order valence-electron chi connectivity index (χ3n) is 4.43. The first kappa shape index (κ1) is 16.8. The van der Waals surface area contributed by atoms with E-state index in [1.54, 1.807) is 18.2 Å². The quantitative estimate of drug-likeness (QED) is 0.924. The number of hydrogen-bond acceptors (Lipinski definition) is 4. The molecule has 0 saturated carbocycles. The average Bonchev–Trinajstić information content (AvgIpc) is 2.65. The number of hydrogen-bond donors (Lipinski definition) is 1. The highest BCUT2D eigenvalue weighted by atomic mass is 16.5. The molecule has 0 bridgehead atoms. The van der Waals surface area contributed by atoms with Gasteiger partial charge in [0.2, 0.25) is 0 Å². The zero-order chi connectivity index (χ0) is 18.0. The van der Waals surface area contributed by atoms with Crippen molar-refractivity contribution in [3.05, 3.63) is 59.2 Å². The molecule has 1 amide bonds. The first-order valence-electron chi connectivity index (χ1n) is 7.87. The van der Waals surface area contributed by atoms with Crippen LogP contribution in [0.3, 0.4) is 0 Å². The number of aliphatic carboxylic acids is 1. The molecule has 1 unspecified atom stereocenters. The highest BCUT2D eigenvalue weighted by molar-refractivity contribution is 5.99. The standard InChI is InChI=1S/C19H19NO5/c1-24-14-7-8-15(17(10-14)25-2)18(21)20-11-13-6-4-3-5-12(13)9-16(20)19(22)23/h3-8,10,16H,9,11H2,1-2H3,(H,22,23). The smallest absolute Gasteiger partial charge is 0.326 e. The molecule has 0 fully saturated rings. The molecule has 1 aliphatic heterocycles. The predicted molar refractivity (Wildman–Crippen MR) is 91.0 cm³/mol. The summed E-state index contributed by atoms with van der Waals surface area (Å²) in [5.74, 6) is -0.476. The Kier molecular flexibility index (Phi) is 4.61. The molecule has 2 aromatic carbocycles. The number of rotatable bonds is 4. The van der Waals surface area contributed by atoms with Crippen molar-refractivity contribution >= 4 is 11.9 Å².